The molecule has 0 saturated heterocycles. The summed E-state index contributed by atoms with van der Waals surface area (Å²) in [5.41, 5.74) is 0.544. The lowest BCUT2D eigenvalue weighted by molar-refractivity contribution is -0.123. The van der Waals surface area contributed by atoms with Crippen molar-refractivity contribution in [3.05, 3.63) is 29.8 Å². The van der Waals surface area contributed by atoms with Crippen LogP contribution in [-0.4, -0.2) is 32.2 Å². The Hall–Kier alpha value is -1.89. The Morgan fingerprint density at radius 3 is 2.57 bits per heavy atom. The Bertz CT molecular complexity index is 812. The minimum absolute atomic E-state index is 0.0879. The molecule has 2 N–H and O–H groups in total. The molecule has 1 unspecified atom stereocenters. The highest BCUT2D eigenvalue weighted by Crippen LogP contribution is 2.23. The Kier molecular flexibility index (Phi) is 7.10. The summed E-state index contributed by atoms with van der Waals surface area (Å²) in [6.45, 7) is 2.07. The molecule has 0 spiro atoms. The van der Waals surface area contributed by atoms with Crippen molar-refractivity contribution in [1.29, 1.82) is 0 Å². The molecule has 1 heterocycles. The lowest BCUT2D eigenvalue weighted by Gasteiger charge is -2.23. The molecule has 1 aromatic rings. The Labute approximate surface area is 168 Å². The average Bonchev–Trinajstić information content (AvgIpc) is 2.91. The number of hydrogen-bond donors (Lipinski definition) is 2. The van der Waals surface area contributed by atoms with E-state index in [2.05, 4.69) is 22.0 Å². The second-order valence-electron chi connectivity index (χ2n) is 7.79. The van der Waals surface area contributed by atoms with Crippen molar-refractivity contribution in [2.75, 3.05) is 0 Å². The smallest absolute Gasteiger partial charge is 0.263 e. The van der Waals surface area contributed by atoms with Crippen LogP contribution >= 0.6 is 0 Å². The van der Waals surface area contributed by atoms with Crippen LogP contribution in [0.25, 0.3) is 0 Å². The van der Waals surface area contributed by atoms with Crippen LogP contribution in [0.2, 0.25) is 0 Å². The number of fused-ring (bicyclic) bond motifs is 1. The Balaban J connectivity index is 1.78. The zero-order chi connectivity index (χ0) is 20.0. The normalized spacial score (nSPS) is 22.0. The van der Waals surface area contributed by atoms with Gasteiger partial charge in [-0.05, 0) is 31.4 Å². The minimum atomic E-state index is -3.60. The number of carbonyl (C=O) groups excluding carboxylic acids is 1. The second kappa shape index (κ2) is 9.54. The number of unbranched alkanes of at least 4 members (excludes halogenated alkanes) is 1. The number of amides is 1. The molecule has 1 aliphatic carbocycles. The molecule has 1 aromatic carbocycles. The summed E-state index contributed by atoms with van der Waals surface area (Å²) in [7, 11) is -3.60. The fourth-order valence-corrected chi connectivity index (χ4v) is 5.17. The van der Waals surface area contributed by atoms with Crippen molar-refractivity contribution in [3.8, 4) is 0 Å². The van der Waals surface area contributed by atoms with E-state index >= 15 is 0 Å². The van der Waals surface area contributed by atoms with Gasteiger partial charge in [-0.2, -0.15) is 0 Å². The van der Waals surface area contributed by atoms with Crippen LogP contribution < -0.4 is 10.0 Å². The van der Waals surface area contributed by atoms with Gasteiger partial charge in [0.1, 0.15) is 11.9 Å². The van der Waals surface area contributed by atoms with E-state index < -0.39 is 16.1 Å². The molecule has 0 aromatic heterocycles. The molecule has 3 rings (SSSR count). The first kappa shape index (κ1) is 20.8. The average molecular weight is 406 g/mol. The molecule has 6 nitrogen and oxygen atoms in total. The zero-order valence-electron chi connectivity index (χ0n) is 16.6. The number of benzene rings is 1. The predicted octanol–water partition coefficient (Wildman–Crippen LogP) is 3.51. The fourth-order valence-electron chi connectivity index (χ4n) is 3.94. The van der Waals surface area contributed by atoms with E-state index in [-0.39, 0.29) is 22.7 Å². The van der Waals surface area contributed by atoms with E-state index in [9.17, 15) is 13.2 Å². The molecule has 2 aliphatic rings. The molecule has 1 fully saturated rings. The molecular formula is C21H31N3O3S. The molecule has 1 amide bonds. The molecule has 1 saturated carbocycles. The predicted molar refractivity (Wildman–Crippen MR) is 111 cm³/mol. The van der Waals surface area contributed by atoms with Crippen LogP contribution in [0, 0.1) is 0 Å². The van der Waals surface area contributed by atoms with Crippen molar-refractivity contribution in [2.45, 2.75) is 88.1 Å². The van der Waals surface area contributed by atoms with Gasteiger partial charge in [-0.3, -0.25) is 14.5 Å². The van der Waals surface area contributed by atoms with Crippen LogP contribution in [0.1, 0.15) is 76.7 Å². The maximum absolute atomic E-state index is 13.0. The topological polar surface area (TPSA) is 87.6 Å². The van der Waals surface area contributed by atoms with Gasteiger partial charge in [0.15, 0.2) is 0 Å². The van der Waals surface area contributed by atoms with Gasteiger partial charge in [0, 0.05) is 11.6 Å². The first-order chi connectivity index (χ1) is 13.5. The van der Waals surface area contributed by atoms with Crippen LogP contribution in [0.15, 0.2) is 34.2 Å². The van der Waals surface area contributed by atoms with Gasteiger partial charge >= 0.3 is 0 Å². The lowest BCUT2D eigenvalue weighted by Crippen LogP contribution is -2.42. The van der Waals surface area contributed by atoms with Crippen LogP contribution in [0.4, 0.5) is 0 Å². The van der Waals surface area contributed by atoms with Gasteiger partial charge in [-0.15, -0.1) is 0 Å². The first-order valence-corrected chi connectivity index (χ1v) is 12.0. The van der Waals surface area contributed by atoms with E-state index in [4.69, 9.17) is 0 Å². The second-order valence-corrected chi connectivity index (χ2v) is 9.44. The number of sulfonamides is 1. The highest BCUT2D eigenvalue weighted by molar-refractivity contribution is 7.90. The van der Waals surface area contributed by atoms with Crippen molar-refractivity contribution in [3.63, 3.8) is 0 Å². The third-order valence-electron chi connectivity index (χ3n) is 5.53. The standard InChI is InChI=1S/C21H31N3O3S/c1-2-3-14-18(21(25)22-16-11-7-5-4-6-8-12-16)23-20-17-13-9-10-15-19(17)28(26,27)24-20/h9-10,13,15-16,18H,2-8,11-12,14H2,1H3,(H,22,25)(H,23,24). The van der Waals surface area contributed by atoms with E-state index in [1.807, 2.05) is 0 Å². The van der Waals surface area contributed by atoms with Gasteiger partial charge in [0.25, 0.3) is 10.0 Å². The number of rotatable bonds is 6. The maximum atomic E-state index is 13.0. The number of hydrogen-bond acceptors (Lipinski definition) is 4. The Morgan fingerprint density at radius 2 is 1.86 bits per heavy atom. The molecule has 1 atom stereocenters. The molecule has 0 bridgehead atoms. The molecule has 154 valence electrons. The summed E-state index contributed by atoms with van der Waals surface area (Å²) in [6.07, 6.45) is 10.5. The summed E-state index contributed by atoms with van der Waals surface area (Å²) in [5, 5.41) is 3.19. The van der Waals surface area contributed by atoms with E-state index in [0.717, 1.165) is 38.5 Å². The quantitative estimate of drug-likeness (QED) is 0.759. The zero-order valence-corrected chi connectivity index (χ0v) is 17.4. The summed E-state index contributed by atoms with van der Waals surface area (Å²) >= 11 is 0. The molecule has 0 radical (unpaired) electrons. The summed E-state index contributed by atoms with van der Waals surface area (Å²) in [4.78, 5) is 17.8. The highest BCUT2D eigenvalue weighted by Gasteiger charge is 2.32. The van der Waals surface area contributed by atoms with Crippen LogP contribution in [0.5, 0.6) is 0 Å². The first-order valence-electron chi connectivity index (χ1n) is 10.5. The molecular weight excluding hydrogens is 374 g/mol. The highest BCUT2D eigenvalue weighted by atomic mass is 32.2. The number of aliphatic imine (C=N–C) groups is 1. The molecule has 28 heavy (non-hydrogen) atoms. The van der Waals surface area contributed by atoms with Crippen molar-refractivity contribution >= 4 is 21.8 Å². The van der Waals surface area contributed by atoms with E-state index in [1.54, 1.807) is 24.3 Å². The van der Waals surface area contributed by atoms with Gasteiger partial charge in [-0.1, -0.05) is 64.0 Å². The van der Waals surface area contributed by atoms with Gasteiger partial charge < -0.3 is 5.32 Å². The Morgan fingerprint density at radius 1 is 1.18 bits per heavy atom. The fraction of sp³-hybridized carbons (Fsp3) is 0.619. The summed E-state index contributed by atoms with van der Waals surface area (Å²) in [5.74, 6) is 0.194. The summed E-state index contributed by atoms with van der Waals surface area (Å²) < 4.78 is 27.2. The number of nitrogens with zero attached hydrogens (tertiary/aromatic N) is 1. The molecule has 7 heteroatoms. The van der Waals surface area contributed by atoms with Gasteiger partial charge in [0.05, 0.1) is 4.90 Å². The SMILES string of the molecule is CCCCC(N=C1NS(=O)(=O)c2ccccc21)C(=O)NC1CCCCCCC1. The van der Waals surface area contributed by atoms with Crippen molar-refractivity contribution < 1.29 is 13.2 Å². The third-order valence-corrected chi connectivity index (χ3v) is 6.93. The monoisotopic (exact) mass is 405 g/mol. The van der Waals surface area contributed by atoms with E-state index in [0.29, 0.717) is 12.0 Å². The minimum Gasteiger partial charge on any atom is -0.352 e. The number of carbonyl (C=O) groups is 1. The van der Waals surface area contributed by atoms with Crippen LogP contribution in [-0.2, 0) is 14.8 Å². The molecule has 1 aliphatic heterocycles. The lowest BCUT2D eigenvalue weighted by atomic mass is 9.96. The third kappa shape index (κ3) is 5.13. The number of nitrogens with one attached hydrogen (secondary N) is 2. The summed E-state index contributed by atoms with van der Waals surface area (Å²) in [6, 6.07) is 6.40. The van der Waals surface area contributed by atoms with Gasteiger partial charge in [0.2, 0.25) is 5.91 Å². The van der Waals surface area contributed by atoms with Crippen LogP contribution in [0.3, 0.4) is 0 Å². The van der Waals surface area contributed by atoms with Crippen molar-refractivity contribution in [2.24, 2.45) is 4.99 Å². The number of amidine groups is 1. The maximum Gasteiger partial charge on any atom is 0.263 e. The largest absolute Gasteiger partial charge is 0.352 e. The van der Waals surface area contributed by atoms with E-state index in [1.165, 1.54) is 19.3 Å². The van der Waals surface area contributed by atoms with Crippen molar-refractivity contribution in [1.82, 2.24) is 10.0 Å². The van der Waals surface area contributed by atoms with Gasteiger partial charge in [-0.25, -0.2) is 8.42 Å².